The average molecular weight is 309 g/mol. The predicted octanol–water partition coefficient (Wildman–Crippen LogP) is 2.90. The largest absolute Gasteiger partial charge is 0.481 e. The van der Waals surface area contributed by atoms with Crippen molar-refractivity contribution in [2.24, 2.45) is 0 Å². The van der Waals surface area contributed by atoms with E-state index in [0.29, 0.717) is 11.8 Å². The van der Waals surface area contributed by atoms with Crippen LogP contribution >= 0.6 is 0 Å². The number of nitrogens with one attached hydrogen (secondary N) is 1. The lowest BCUT2D eigenvalue weighted by Crippen LogP contribution is -2.09. The molecule has 2 aromatic heterocycles. The van der Waals surface area contributed by atoms with Gasteiger partial charge >= 0.3 is 0 Å². The number of benzene rings is 1. The Morgan fingerprint density at radius 1 is 1.22 bits per heavy atom. The van der Waals surface area contributed by atoms with Crippen molar-refractivity contribution in [1.29, 1.82) is 0 Å². The van der Waals surface area contributed by atoms with Gasteiger partial charge in [0.1, 0.15) is 0 Å². The topological polar surface area (TPSA) is 64.9 Å². The first kappa shape index (κ1) is 15.0. The molecule has 1 unspecified atom stereocenters. The lowest BCUT2D eigenvalue weighted by Gasteiger charge is -2.12. The number of rotatable bonds is 6. The quantitative estimate of drug-likeness (QED) is 0.758. The molecule has 0 fully saturated rings. The Kier molecular flexibility index (Phi) is 4.52. The van der Waals surface area contributed by atoms with Crippen molar-refractivity contribution in [2.75, 3.05) is 12.4 Å². The number of hydrogen-bond acceptors (Lipinski definition) is 5. The van der Waals surface area contributed by atoms with Gasteiger partial charge in [0.05, 0.1) is 25.9 Å². The van der Waals surface area contributed by atoms with Gasteiger partial charge in [-0.1, -0.05) is 30.3 Å². The first-order valence-corrected chi connectivity index (χ1v) is 7.44. The van der Waals surface area contributed by atoms with Gasteiger partial charge in [0.25, 0.3) is 0 Å². The second-order valence-electron chi connectivity index (χ2n) is 5.25. The molecule has 0 spiro atoms. The number of methoxy groups -OCH3 is 1. The molecule has 1 atom stereocenters. The highest BCUT2D eigenvalue weighted by Crippen LogP contribution is 2.17. The normalized spacial score (nSPS) is 11.9. The van der Waals surface area contributed by atoms with Gasteiger partial charge in [-0.3, -0.25) is 4.68 Å². The van der Waals surface area contributed by atoms with Crippen LogP contribution in [-0.2, 0) is 6.54 Å². The number of anilines is 1. The molecule has 6 heteroatoms. The Bertz CT molecular complexity index is 756. The maximum Gasteiger partial charge on any atom is 0.226 e. The third-order valence-corrected chi connectivity index (χ3v) is 3.53. The van der Waals surface area contributed by atoms with E-state index in [1.54, 1.807) is 19.4 Å². The number of ether oxygens (including phenoxy) is 1. The number of aromatic nitrogens is 4. The molecule has 0 aliphatic rings. The highest BCUT2D eigenvalue weighted by molar-refractivity contribution is 5.31. The molecule has 0 radical (unpaired) electrons. The number of hydrogen-bond donors (Lipinski definition) is 1. The molecule has 2 heterocycles. The van der Waals surface area contributed by atoms with Gasteiger partial charge in [-0.15, -0.1) is 0 Å². The van der Waals surface area contributed by atoms with Gasteiger partial charge in [0.2, 0.25) is 11.8 Å². The molecule has 0 aliphatic heterocycles. The van der Waals surface area contributed by atoms with Crippen LogP contribution in [0.15, 0.2) is 55.0 Å². The third-order valence-electron chi connectivity index (χ3n) is 3.53. The van der Waals surface area contributed by atoms with E-state index in [2.05, 4.69) is 32.5 Å². The fraction of sp³-hybridized carbons (Fsp3) is 0.235. The molecule has 3 rings (SSSR count). The minimum atomic E-state index is 0.0478. The molecule has 0 bridgehead atoms. The minimum Gasteiger partial charge on any atom is -0.481 e. The summed E-state index contributed by atoms with van der Waals surface area (Å²) < 4.78 is 7.03. The van der Waals surface area contributed by atoms with E-state index in [1.807, 2.05) is 42.2 Å². The van der Waals surface area contributed by atoms with E-state index in [0.717, 1.165) is 12.1 Å². The van der Waals surface area contributed by atoms with Crippen LogP contribution in [0, 0.1) is 0 Å². The second kappa shape index (κ2) is 6.91. The zero-order valence-corrected chi connectivity index (χ0v) is 13.2. The van der Waals surface area contributed by atoms with Crippen LogP contribution in [0.4, 0.5) is 5.95 Å². The predicted molar refractivity (Wildman–Crippen MR) is 88.4 cm³/mol. The van der Waals surface area contributed by atoms with Crippen molar-refractivity contribution in [3.8, 4) is 5.88 Å². The number of nitrogens with zero attached hydrogens (tertiary/aromatic N) is 4. The highest BCUT2D eigenvalue weighted by Gasteiger charge is 2.10. The van der Waals surface area contributed by atoms with Crippen molar-refractivity contribution >= 4 is 5.95 Å². The van der Waals surface area contributed by atoms with Crippen LogP contribution in [-0.4, -0.2) is 26.9 Å². The summed E-state index contributed by atoms with van der Waals surface area (Å²) in [5.74, 6) is 1.07. The molecular formula is C17H19N5O. The monoisotopic (exact) mass is 309 g/mol. The molecule has 1 aromatic carbocycles. The van der Waals surface area contributed by atoms with Crippen molar-refractivity contribution in [1.82, 2.24) is 19.7 Å². The molecule has 1 N–H and O–H groups in total. The minimum absolute atomic E-state index is 0.0478. The molecule has 0 saturated heterocycles. The van der Waals surface area contributed by atoms with E-state index in [-0.39, 0.29) is 6.04 Å². The summed E-state index contributed by atoms with van der Waals surface area (Å²) in [7, 11) is 1.59. The summed E-state index contributed by atoms with van der Waals surface area (Å²) in [5, 5.41) is 7.67. The van der Waals surface area contributed by atoms with E-state index in [1.165, 1.54) is 5.56 Å². The molecule has 0 aliphatic carbocycles. The van der Waals surface area contributed by atoms with Crippen LogP contribution in [0.1, 0.15) is 24.1 Å². The van der Waals surface area contributed by atoms with E-state index < -0.39 is 0 Å². The third kappa shape index (κ3) is 3.85. The first-order chi connectivity index (χ1) is 11.2. The zero-order valence-electron chi connectivity index (χ0n) is 13.2. The summed E-state index contributed by atoms with van der Waals surface area (Å²) in [6, 6.07) is 12.0. The lowest BCUT2D eigenvalue weighted by molar-refractivity contribution is 0.397. The summed E-state index contributed by atoms with van der Waals surface area (Å²) in [6.07, 6.45) is 5.56. The fourth-order valence-corrected chi connectivity index (χ4v) is 2.26. The summed E-state index contributed by atoms with van der Waals surface area (Å²) in [5.41, 5.74) is 2.30. The van der Waals surface area contributed by atoms with Crippen LogP contribution in [0.5, 0.6) is 5.88 Å². The standard InChI is InChI=1S/C17H19N5O/c1-13(20-17-18-9-8-16(21-17)23-2)15-10-19-22(12-15)11-14-6-4-3-5-7-14/h3-10,12-13H,11H2,1-2H3,(H,18,20,21). The van der Waals surface area contributed by atoms with Gasteiger partial charge < -0.3 is 10.1 Å². The molecule has 23 heavy (non-hydrogen) atoms. The summed E-state index contributed by atoms with van der Waals surface area (Å²) in [4.78, 5) is 8.46. The van der Waals surface area contributed by atoms with E-state index in [9.17, 15) is 0 Å². The Morgan fingerprint density at radius 3 is 2.83 bits per heavy atom. The van der Waals surface area contributed by atoms with Crippen LogP contribution in [0.3, 0.4) is 0 Å². The average Bonchev–Trinajstić information content (AvgIpc) is 3.04. The van der Waals surface area contributed by atoms with Crippen molar-refractivity contribution in [3.05, 3.63) is 66.1 Å². The van der Waals surface area contributed by atoms with E-state index in [4.69, 9.17) is 4.74 Å². The molecule has 6 nitrogen and oxygen atoms in total. The lowest BCUT2D eigenvalue weighted by atomic mass is 10.2. The van der Waals surface area contributed by atoms with Gasteiger partial charge in [-0.25, -0.2) is 4.98 Å². The zero-order chi connectivity index (χ0) is 16.1. The van der Waals surface area contributed by atoms with Gasteiger partial charge in [-0.05, 0) is 12.5 Å². The van der Waals surface area contributed by atoms with Crippen LogP contribution in [0.25, 0.3) is 0 Å². The van der Waals surface area contributed by atoms with Crippen LogP contribution < -0.4 is 10.1 Å². The Labute approximate surface area is 135 Å². The molecule has 0 amide bonds. The fourth-order valence-electron chi connectivity index (χ4n) is 2.26. The molecule has 118 valence electrons. The maximum atomic E-state index is 5.11. The summed E-state index contributed by atoms with van der Waals surface area (Å²) in [6.45, 7) is 2.80. The Morgan fingerprint density at radius 2 is 2.04 bits per heavy atom. The molecular weight excluding hydrogens is 290 g/mol. The van der Waals surface area contributed by atoms with Crippen molar-refractivity contribution in [3.63, 3.8) is 0 Å². The Balaban J connectivity index is 1.67. The first-order valence-electron chi connectivity index (χ1n) is 7.44. The highest BCUT2D eigenvalue weighted by atomic mass is 16.5. The SMILES string of the molecule is COc1ccnc(NC(C)c2cnn(Cc3ccccc3)c2)n1. The van der Waals surface area contributed by atoms with Crippen molar-refractivity contribution in [2.45, 2.75) is 19.5 Å². The second-order valence-corrected chi connectivity index (χ2v) is 5.25. The molecule has 3 aromatic rings. The Hall–Kier alpha value is -2.89. The maximum absolute atomic E-state index is 5.11. The van der Waals surface area contributed by atoms with E-state index >= 15 is 0 Å². The van der Waals surface area contributed by atoms with Crippen LogP contribution in [0.2, 0.25) is 0 Å². The summed E-state index contributed by atoms with van der Waals surface area (Å²) >= 11 is 0. The van der Waals surface area contributed by atoms with Gasteiger partial charge in [0, 0.05) is 24.0 Å². The van der Waals surface area contributed by atoms with Crippen molar-refractivity contribution < 1.29 is 4.74 Å². The van der Waals surface area contributed by atoms with Gasteiger partial charge in [-0.2, -0.15) is 10.1 Å². The molecule has 0 saturated carbocycles. The van der Waals surface area contributed by atoms with Gasteiger partial charge in [0.15, 0.2) is 0 Å². The smallest absolute Gasteiger partial charge is 0.226 e.